The molecule has 2 aromatic carbocycles. The fourth-order valence-electron chi connectivity index (χ4n) is 2.02. The van der Waals surface area contributed by atoms with Gasteiger partial charge in [-0.1, -0.05) is 23.7 Å². The summed E-state index contributed by atoms with van der Waals surface area (Å²) in [4.78, 5) is 12.0. The van der Waals surface area contributed by atoms with E-state index in [0.717, 1.165) is 5.56 Å². The molecule has 0 unspecified atom stereocenters. The Labute approximate surface area is 144 Å². The van der Waals surface area contributed by atoms with Crippen LogP contribution < -0.4 is 10.1 Å². The van der Waals surface area contributed by atoms with Gasteiger partial charge >= 0.3 is 0 Å². The van der Waals surface area contributed by atoms with Crippen LogP contribution in [0.5, 0.6) is 5.75 Å². The van der Waals surface area contributed by atoms with Gasteiger partial charge in [0.1, 0.15) is 11.6 Å². The molecule has 0 aliphatic heterocycles. The molecule has 0 bridgehead atoms. The highest BCUT2D eigenvalue weighted by Gasteiger charge is 2.10. The van der Waals surface area contributed by atoms with E-state index in [9.17, 15) is 9.18 Å². The number of hydrogen-bond acceptors (Lipinski definition) is 3. The molecule has 0 aliphatic carbocycles. The Hall–Kier alpha value is -1.72. The number of anilines is 1. The summed E-state index contributed by atoms with van der Waals surface area (Å²) in [5.41, 5.74) is 2.06. The molecule has 1 amide bonds. The summed E-state index contributed by atoms with van der Waals surface area (Å²) in [7, 11) is 1.55. The lowest BCUT2D eigenvalue weighted by Crippen LogP contribution is -2.15. The number of hydrogen-bond donors (Lipinski definition) is 1. The van der Waals surface area contributed by atoms with Crippen LogP contribution >= 0.6 is 23.4 Å². The minimum absolute atomic E-state index is 0.175. The second kappa shape index (κ2) is 8.22. The van der Waals surface area contributed by atoms with Crippen molar-refractivity contribution in [3.63, 3.8) is 0 Å². The predicted octanol–water partition coefficient (Wildman–Crippen LogP) is 4.67. The average Bonchev–Trinajstić information content (AvgIpc) is 2.50. The second-order valence-corrected chi connectivity index (χ2v) is 6.34. The van der Waals surface area contributed by atoms with Crippen molar-refractivity contribution < 1.29 is 13.9 Å². The predicted molar refractivity (Wildman–Crippen MR) is 93.9 cm³/mol. The van der Waals surface area contributed by atoms with Crippen LogP contribution in [0, 0.1) is 12.7 Å². The number of aryl methyl sites for hydroxylation is 1. The fourth-order valence-corrected chi connectivity index (χ4v) is 3.19. The zero-order valence-corrected chi connectivity index (χ0v) is 14.4. The minimum atomic E-state index is -0.356. The number of thioether (sulfide) groups is 1. The van der Waals surface area contributed by atoms with Gasteiger partial charge in [0.25, 0.3) is 0 Å². The lowest BCUT2D eigenvalue weighted by atomic mass is 10.2. The molecule has 23 heavy (non-hydrogen) atoms. The molecule has 0 radical (unpaired) electrons. The average molecular weight is 354 g/mol. The third-order valence-electron chi connectivity index (χ3n) is 3.17. The first-order valence-electron chi connectivity index (χ1n) is 6.96. The zero-order valence-electron chi connectivity index (χ0n) is 12.9. The number of rotatable bonds is 6. The summed E-state index contributed by atoms with van der Waals surface area (Å²) in [6.07, 6.45) is 0. The normalized spacial score (nSPS) is 10.4. The topological polar surface area (TPSA) is 38.3 Å². The third kappa shape index (κ3) is 4.88. The molecule has 2 aromatic rings. The van der Waals surface area contributed by atoms with Crippen LogP contribution in [0.15, 0.2) is 36.4 Å². The number of amides is 1. The third-order valence-corrected chi connectivity index (χ3v) is 4.48. The lowest BCUT2D eigenvalue weighted by Gasteiger charge is -2.11. The molecule has 0 aromatic heterocycles. The van der Waals surface area contributed by atoms with Gasteiger partial charge in [0.05, 0.1) is 18.6 Å². The number of methoxy groups -OCH3 is 1. The van der Waals surface area contributed by atoms with Crippen molar-refractivity contribution in [1.82, 2.24) is 0 Å². The fraction of sp³-hybridized carbons (Fsp3) is 0.235. The van der Waals surface area contributed by atoms with Crippen molar-refractivity contribution in [2.75, 3.05) is 18.2 Å². The molecular weight excluding hydrogens is 337 g/mol. The van der Waals surface area contributed by atoms with E-state index in [4.69, 9.17) is 16.3 Å². The van der Waals surface area contributed by atoms with Crippen LogP contribution in [0.3, 0.4) is 0 Å². The molecule has 3 nitrogen and oxygen atoms in total. The largest absolute Gasteiger partial charge is 0.495 e. The molecule has 0 fully saturated rings. The molecular formula is C17H17ClFNO2S. The summed E-state index contributed by atoms with van der Waals surface area (Å²) in [5, 5.41) is 3.18. The maximum atomic E-state index is 13.7. The van der Waals surface area contributed by atoms with E-state index in [1.807, 2.05) is 19.1 Å². The zero-order chi connectivity index (χ0) is 16.8. The summed E-state index contributed by atoms with van der Waals surface area (Å²) in [5.74, 6) is 0.606. The van der Waals surface area contributed by atoms with Crippen LogP contribution in [0.2, 0.25) is 5.02 Å². The van der Waals surface area contributed by atoms with Crippen molar-refractivity contribution in [3.8, 4) is 5.75 Å². The molecule has 0 saturated heterocycles. The SMILES string of the molecule is COc1ccc(C)cc1NC(=O)CSCc1c(F)cccc1Cl. The number of carbonyl (C=O) groups excluding carboxylic acids is 1. The highest BCUT2D eigenvalue weighted by Crippen LogP contribution is 2.26. The van der Waals surface area contributed by atoms with E-state index < -0.39 is 0 Å². The van der Waals surface area contributed by atoms with Gasteiger partial charge < -0.3 is 10.1 Å². The van der Waals surface area contributed by atoms with Crippen molar-refractivity contribution in [3.05, 3.63) is 58.4 Å². The Balaban J connectivity index is 1.92. The van der Waals surface area contributed by atoms with Gasteiger partial charge in [-0.15, -0.1) is 11.8 Å². The molecule has 122 valence electrons. The Morgan fingerprint density at radius 2 is 2.13 bits per heavy atom. The number of carbonyl (C=O) groups is 1. The van der Waals surface area contributed by atoms with Gasteiger partial charge in [-0.05, 0) is 36.8 Å². The standard InChI is InChI=1S/C17H17ClFNO2S/c1-11-6-7-16(22-2)15(8-11)20-17(21)10-23-9-12-13(18)4-3-5-14(12)19/h3-8H,9-10H2,1-2H3,(H,20,21). The summed E-state index contributed by atoms with van der Waals surface area (Å²) in [6.45, 7) is 1.93. The number of ether oxygens (including phenoxy) is 1. The monoisotopic (exact) mass is 353 g/mol. The first-order chi connectivity index (χ1) is 11.0. The van der Waals surface area contributed by atoms with Gasteiger partial charge in [0, 0.05) is 16.3 Å². The van der Waals surface area contributed by atoms with Gasteiger partial charge in [-0.25, -0.2) is 4.39 Å². The van der Waals surface area contributed by atoms with E-state index >= 15 is 0 Å². The molecule has 0 aliphatic rings. The first-order valence-corrected chi connectivity index (χ1v) is 8.49. The van der Waals surface area contributed by atoms with Crippen LogP contribution in [-0.4, -0.2) is 18.8 Å². The molecule has 6 heteroatoms. The maximum Gasteiger partial charge on any atom is 0.234 e. The van der Waals surface area contributed by atoms with Crippen molar-refractivity contribution >= 4 is 35.0 Å². The Kier molecular flexibility index (Phi) is 6.30. The summed E-state index contributed by atoms with van der Waals surface area (Å²) >= 11 is 7.26. The van der Waals surface area contributed by atoms with Crippen molar-refractivity contribution in [1.29, 1.82) is 0 Å². The maximum absolute atomic E-state index is 13.7. The summed E-state index contributed by atoms with van der Waals surface area (Å²) in [6, 6.07) is 10.1. The Morgan fingerprint density at radius 3 is 2.83 bits per heavy atom. The quantitative estimate of drug-likeness (QED) is 0.820. The highest BCUT2D eigenvalue weighted by molar-refractivity contribution is 7.99. The number of nitrogens with one attached hydrogen (secondary N) is 1. The smallest absolute Gasteiger partial charge is 0.234 e. The van der Waals surface area contributed by atoms with E-state index in [2.05, 4.69) is 5.32 Å². The van der Waals surface area contributed by atoms with Gasteiger partial charge in [0.2, 0.25) is 5.91 Å². The summed E-state index contributed by atoms with van der Waals surface area (Å²) < 4.78 is 18.9. The van der Waals surface area contributed by atoms with Gasteiger partial charge in [-0.3, -0.25) is 4.79 Å². The molecule has 0 saturated carbocycles. The number of halogens is 2. The van der Waals surface area contributed by atoms with Crippen LogP contribution in [0.25, 0.3) is 0 Å². The van der Waals surface area contributed by atoms with Crippen LogP contribution in [0.1, 0.15) is 11.1 Å². The van der Waals surface area contributed by atoms with Crippen molar-refractivity contribution in [2.24, 2.45) is 0 Å². The minimum Gasteiger partial charge on any atom is -0.495 e. The van der Waals surface area contributed by atoms with Gasteiger partial charge in [0.15, 0.2) is 0 Å². The van der Waals surface area contributed by atoms with Gasteiger partial charge in [-0.2, -0.15) is 0 Å². The van der Waals surface area contributed by atoms with Crippen molar-refractivity contribution in [2.45, 2.75) is 12.7 Å². The molecule has 0 spiro atoms. The Morgan fingerprint density at radius 1 is 1.35 bits per heavy atom. The lowest BCUT2D eigenvalue weighted by molar-refractivity contribution is -0.113. The molecule has 0 heterocycles. The second-order valence-electron chi connectivity index (χ2n) is 4.94. The van der Waals surface area contributed by atoms with E-state index in [0.29, 0.717) is 27.8 Å². The van der Waals surface area contributed by atoms with E-state index in [1.54, 1.807) is 25.3 Å². The highest BCUT2D eigenvalue weighted by atomic mass is 35.5. The van der Waals surface area contributed by atoms with E-state index in [1.165, 1.54) is 17.8 Å². The Bertz CT molecular complexity index is 689. The van der Waals surface area contributed by atoms with E-state index in [-0.39, 0.29) is 17.5 Å². The van der Waals surface area contributed by atoms with Crippen LogP contribution in [-0.2, 0) is 10.5 Å². The van der Waals surface area contributed by atoms with Crippen LogP contribution in [0.4, 0.5) is 10.1 Å². The molecule has 1 N–H and O–H groups in total. The molecule has 0 atom stereocenters. The first kappa shape index (κ1) is 17.6. The molecule has 2 rings (SSSR count). The number of benzene rings is 2.